The van der Waals surface area contributed by atoms with Gasteiger partial charge in [-0.3, -0.25) is 4.79 Å². The van der Waals surface area contributed by atoms with Gasteiger partial charge in [-0.15, -0.1) is 0 Å². The summed E-state index contributed by atoms with van der Waals surface area (Å²) < 4.78 is 0. The van der Waals surface area contributed by atoms with E-state index in [2.05, 4.69) is 0 Å². The fourth-order valence-electron chi connectivity index (χ4n) is 2.85. The molecule has 1 fully saturated rings. The van der Waals surface area contributed by atoms with Gasteiger partial charge >= 0.3 is 0 Å². The Morgan fingerprint density at radius 1 is 1.33 bits per heavy atom. The Morgan fingerprint density at radius 3 is 2.61 bits per heavy atom. The molecule has 0 aliphatic heterocycles. The van der Waals surface area contributed by atoms with Crippen LogP contribution in [0.3, 0.4) is 0 Å². The predicted molar refractivity (Wildman–Crippen MR) is 73.5 cm³/mol. The molecule has 2 N–H and O–H groups in total. The number of nitrogens with zero attached hydrogens (tertiary/aromatic N) is 1. The molecule has 0 aromatic heterocycles. The Labute approximate surface area is 109 Å². The maximum absolute atomic E-state index is 12.4. The second-order valence-electron chi connectivity index (χ2n) is 5.28. The molecule has 0 saturated heterocycles. The molecule has 2 rings (SSSR count). The third-order valence-corrected chi connectivity index (χ3v) is 4.04. The first-order chi connectivity index (χ1) is 8.63. The summed E-state index contributed by atoms with van der Waals surface area (Å²) in [6, 6.07) is 8.08. The van der Waals surface area contributed by atoms with Crippen molar-refractivity contribution in [1.82, 2.24) is 4.90 Å². The maximum atomic E-state index is 12.4. The van der Waals surface area contributed by atoms with Crippen LogP contribution in [0.1, 0.15) is 35.2 Å². The molecule has 18 heavy (non-hydrogen) atoms. The normalized spacial score (nSPS) is 23.1. The molecule has 0 radical (unpaired) electrons. The molecule has 98 valence electrons. The van der Waals surface area contributed by atoms with Crippen molar-refractivity contribution in [3.8, 4) is 0 Å². The van der Waals surface area contributed by atoms with E-state index in [0.717, 1.165) is 18.4 Å². The van der Waals surface area contributed by atoms with Crippen LogP contribution in [-0.4, -0.2) is 30.4 Å². The van der Waals surface area contributed by atoms with Gasteiger partial charge in [0.2, 0.25) is 0 Å². The second kappa shape index (κ2) is 5.53. The van der Waals surface area contributed by atoms with Gasteiger partial charge in [0, 0.05) is 18.7 Å². The number of carbonyl (C=O) groups excluding carboxylic acids is 1. The number of aryl methyl sites for hydroxylation is 1. The van der Waals surface area contributed by atoms with E-state index in [1.807, 2.05) is 43.1 Å². The molecule has 3 heteroatoms. The molecule has 1 aliphatic rings. The summed E-state index contributed by atoms with van der Waals surface area (Å²) in [5, 5.41) is 0. The average Bonchev–Trinajstić information content (AvgIpc) is 2.86. The highest BCUT2D eigenvalue weighted by Crippen LogP contribution is 2.29. The molecule has 0 heterocycles. The number of hydrogen-bond acceptors (Lipinski definition) is 2. The van der Waals surface area contributed by atoms with Crippen molar-refractivity contribution in [2.75, 3.05) is 13.6 Å². The lowest BCUT2D eigenvalue weighted by atomic mass is 10.0. The number of hydrogen-bond donors (Lipinski definition) is 1. The molecule has 1 amide bonds. The summed E-state index contributed by atoms with van der Waals surface area (Å²) >= 11 is 0. The van der Waals surface area contributed by atoms with Crippen LogP contribution in [0.25, 0.3) is 0 Å². The monoisotopic (exact) mass is 246 g/mol. The van der Waals surface area contributed by atoms with Crippen LogP contribution in [0.15, 0.2) is 24.3 Å². The first kappa shape index (κ1) is 13.1. The Hall–Kier alpha value is -1.35. The SMILES string of the molecule is Cc1ccc(C(=O)N(C)C2CCCC2CN)cc1. The third kappa shape index (κ3) is 2.56. The molecule has 1 saturated carbocycles. The smallest absolute Gasteiger partial charge is 0.253 e. The molecule has 1 aromatic carbocycles. The van der Waals surface area contributed by atoms with E-state index in [0.29, 0.717) is 18.5 Å². The van der Waals surface area contributed by atoms with Crippen LogP contribution in [0, 0.1) is 12.8 Å². The largest absolute Gasteiger partial charge is 0.338 e. The lowest BCUT2D eigenvalue weighted by Gasteiger charge is -2.29. The van der Waals surface area contributed by atoms with Gasteiger partial charge in [0.1, 0.15) is 0 Å². The topological polar surface area (TPSA) is 46.3 Å². The van der Waals surface area contributed by atoms with E-state index in [9.17, 15) is 4.79 Å². The van der Waals surface area contributed by atoms with E-state index >= 15 is 0 Å². The van der Waals surface area contributed by atoms with Crippen molar-refractivity contribution in [2.24, 2.45) is 11.7 Å². The summed E-state index contributed by atoms with van der Waals surface area (Å²) in [5.74, 6) is 0.574. The van der Waals surface area contributed by atoms with E-state index in [1.54, 1.807) is 0 Å². The van der Waals surface area contributed by atoms with Gasteiger partial charge in [0.25, 0.3) is 5.91 Å². The molecular weight excluding hydrogens is 224 g/mol. The number of nitrogens with two attached hydrogens (primary N) is 1. The zero-order valence-electron chi connectivity index (χ0n) is 11.2. The molecular formula is C15H22N2O. The molecule has 0 spiro atoms. The second-order valence-corrected chi connectivity index (χ2v) is 5.28. The maximum Gasteiger partial charge on any atom is 0.253 e. The average molecular weight is 246 g/mol. The Bertz CT molecular complexity index is 413. The van der Waals surface area contributed by atoms with Gasteiger partial charge in [-0.1, -0.05) is 24.1 Å². The molecule has 1 aromatic rings. The summed E-state index contributed by atoms with van der Waals surface area (Å²) in [4.78, 5) is 14.3. The number of benzene rings is 1. The van der Waals surface area contributed by atoms with Crippen molar-refractivity contribution in [3.63, 3.8) is 0 Å². The van der Waals surface area contributed by atoms with E-state index in [-0.39, 0.29) is 5.91 Å². The van der Waals surface area contributed by atoms with Crippen molar-refractivity contribution in [2.45, 2.75) is 32.2 Å². The number of rotatable bonds is 3. The van der Waals surface area contributed by atoms with Crippen molar-refractivity contribution >= 4 is 5.91 Å². The fourth-order valence-corrected chi connectivity index (χ4v) is 2.85. The van der Waals surface area contributed by atoms with Crippen molar-refractivity contribution in [3.05, 3.63) is 35.4 Å². The van der Waals surface area contributed by atoms with Crippen LogP contribution in [0.2, 0.25) is 0 Å². The van der Waals surface area contributed by atoms with Gasteiger partial charge in [0.15, 0.2) is 0 Å². The minimum atomic E-state index is 0.111. The lowest BCUT2D eigenvalue weighted by Crippen LogP contribution is -2.41. The predicted octanol–water partition coefficient (Wildman–Crippen LogP) is 2.19. The highest BCUT2D eigenvalue weighted by atomic mass is 16.2. The highest BCUT2D eigenvalue weighted by Gasteiger charge is 2.31. The quantitative estimate of drug-likeness (QED) is 0.888. The minimum Gasteiger partial charge on any atom is -0.338 e. The molecule has 1 aliphatic carbocycles. The van der Waals surface area contributed by atoms with Crippen molar-refractivity contribution in [1.29, 1.82) is 0 Å². The van der Waals surface area contributed by atoms with Crippen molar-refractivity contribution < 1.29 is 4.79 Å². The molecule has 3 nitrogen and oxygen atoms in total. The third-order valence-electron chi connectivity index (χ3n) is 4.04. The first-order valence-corrected chi connectivity index (χ1v) is 6.67. The molecule has 2 unspecified atom stereocenters. The molecule has 0 bridgehead atoms. The van der Waals surface area contributed by atoms with Crippen LogP contribution in [0.4, 0.5) is 0 Å². The summed E-state index contributed by atoms with van der Waals surface area (Å²) in [5.41, 5.74) is 7.73. The molecule has 2 atom stereocenters. The van der Waals surface area contributed by atoms with Crippen LogP contribution in [0.5, 0.6) is 0 Å². The summed E-state index contributed by atoms with van der Waals surface area (Å²) in [7, 11) is 1.90. The van der Waals surface area contributed by atoms with Gasteiger partial charge in [0.05, 0.1) is 0 Å². The zero-order valence-corrected chi connectivity index (χ0v) is 11.2. The van der Waals surface area contributed by atoms with Crippen LogP contribution < -0.4 is 5.73 Å². The Balaban J connectivity index is 2.11. The highest BCUT2D eigenvalue weighted by molar-refractivity contribution is 5.94. The van der Waals surface area contributed by atoms with Crippen LogP contribution in [-0.2, 0) is 0 Å². The van der Waals surface area contributed by atoms with Crippen LogP contribution >= 0.6 is 0 Å². The Kier molecular flexibility index (Phi) is 4.02. The fraction of sp³-hybridized carbons (Fsp3) is 0.533. The number of amides is 1. The van der Waals surface area contributed by atoms with Gasteiger partial charge in [-0.05, 0) is 44.4 Å². The van der Waals surface area contributed by atoms with E-state index in [1.165, 1.54) is 12.0 Å². The first-order valence-electron chi connectivity index (χ1n) is 6.67. The standard InChI is InChI=1S/C15H22N2O/c1-11-6-8-12(9-7-11)15(18)17(2)14-5-3-4-13(14)10-16/h6-9,13-14H,3-5,10,16H2,1-2H3. The number of carbonyl (C=O) groups is 1. The minimum absolute atomic E-state index is 0.111. The van der Waals surface area contributed by atoms with Gasteiger partial charge in [-0.2, -0.15) is 0 Å². The summed E-state index contributed by atoms with van der Waals surface area (Å²) in [6.07, 6.45) is 3.40. The Morgan fingerprint density at radius 2 is 2.00 bits per heavy atom. The van der Waals surface area contributed by atoms with E-state index < -0.39 is 0 Å². The van der Waals surface area contributed by atoms with Gasteiger partial charge < -0.3 is 10.6 Å². The zero-order chi connectivity index (χ0) is 13.1. The van der Waals surface area contributed by atoms with Gasteiger partial charge in [-0.25, -0.2) is 0 Å². The summed E-state index contributed by atoms with van der Waals surface area (Å²) in [6.45, 7) is 2.70. The van der Waals surface area contributed by atoms with E-state index in [4.69, 9.17) is 5.73 Å². The lowest BCUT2D eigenvalue weighted by molar-refractivity contribution is 0.0700.